The van der Waals surface area contributed by atoms with Gasteiger partial charge in [-0.2, -0.15) is 0 Å². The van der Waals surface area contributed by atoms with Gasteiger partial charge in [0.05, 0.1) is 10.5 Å². The Morgan fingerprint density at radius 3 is 1.53 bits per heavy atom. The number of nitro groups is 1. The molecule has 0 aliphatic heterocycles. The lowest BCUT2D eigenvalue weighted by atomic mass is 10.2. The number of rotatable bonds is 6. The molecule has 0 radical (unpaired) electrons. The normalized spacial score (nSPS) is 11.2. The van der Waals surface area contributed by atoms with E-state index in [4.69, 9.17) is 0 Å². The largest absolute Gasteiger partial charge is 0.276 e. The topological polar surface area (TPSA) is 43.1 Å². The van der Waals surface area contributed by atoms with E-state index >= 15 is 0 Å². The van der Waals surface area contributed by atoms with E-state index in [0.717, 1.165) is 22.0 Å². The fourth-order valence-electron chi connectivity index (χ4n) is 3.88. The first-order valence-corrected chi connectivity index (χ1v) is 11.6. The molecule has 30 heavy (non-hydrogen) atoms. The minimum Gasteiger partial charge on any atom is -0.258 e. The molecule has 0 heterocycles. The third-order valence-corrected chi connectivity index (χ3v) is 9.59. The molecule has 0 saturated carbocycles. The molecule has 0 bridgehead atoms. The van der Waals surface area contributed by atoms with Gasteiger partial charge in [0.15, 0.2) is 0 Å². The highest BCUT2D eigenvalue weighted by atomic mass is 31.2. The van der Waals surface area contributed by atoms with Crippen LogP contribution < -0.4 is 15.9 Å². The fraction of sp³-hybridized carbons (Fsp3) is 0.0400. The van der Waals surface area contributed by atoms with Crippen LogP contribution in [-0.2, 0) is 6.16 Å². The molecule has 5 heteroatoms. The van der Waals surface area contributed by atoms with Crippen molar-refractivity contribution in [1.29, 1.82) is 0 Å². The Morgan fingerprint density at radius 2 is 1.13 bits per heavy atom. The Morgan fingerprint density at radius 1 is 0.700 bits per heavy atom. The Labute approximate surface area is 175 Å². The first-order chi connectivity index (χ1) is 14.6. The number of benzene rings is 4. The number of nitro benzene ring substituents is 1. The lowest BCUT2D eigenvalue weighted by Crippen LogP contribution is -2.32. The van der Waals surface area contributed by atoms with Gasteiger partial charge in [0.2, 0.25) is 0 Å². The van der Waals surface area contributed by atoms with Crippen molar-refractivity contribution in [2.24, 2.45) is 0 Å². The van der Waals surface area contributed by atoms with Crippen LogP contribution in [0.4, 0.5) is 10.1 Å². The summed E-state index contributed by atoms with van der Waals surface area (Å²) in [5, 5.41) is 15.0. The Hall–Kier alpha value is -3.36. The first-order valence-electron chi connectivity index (χ1n) is 9.59. The third kappa shape index (κ3) is 3.74. The number of halogens is 1. The summed E-state index contributed by atoms with van der Waals surface area (Å²) in [6.07, 6.45) is 0.360. The van der Waals surface area contributed by atoms with Crippen molar-refractivity contribution in [3.8, 4) is 0 Å². The second-order valence-electron chi connectivity index (χ2n) is 7.00. The number of hydrogen-bond donors (Lipinski definition) is 0. The average molecular weight is 416 g/mol. The molecule has 4 rings (SSSR count). The van der Waals surface area contributed by atoms with Crippen LogP contribution in [0.3, 0.4) is 0 Å². The zero-order valence-electron chi connectivity index (χ0n) is 16.2. The van der Waals surface area contributed by atoms with Gasteiger partial charge < -0.3 is 0 Å². The maximum Gasteiger partial charge on any atom is 0.276 e. The number of nitrogens with zero attached hydrogens (tertiary/aromatic N) is 1. The van der Waals surface area contributed by atoms with Crippen LogP contribution in [0.25, 0.3) is 0 Å². The van der Waals surface area contributed by atoms with Gasteiger partial charge in [0, 0.05) is 6.07 Å². The molecule has 0 spiro atoms. The second-order valence-corrected chi connectivity index (χ2v) is 10.5. The zero-order chi connectivity index (χ0) is 21.0. The van der Waals surface area contributed by atoms with Crippen molar-refractivity contribution in [3.05, 3.63) is 131 Å². The maximum absolute atomic E-state index is 14.2. The summed E-state index contributed by atoms with van der Waals surface area (Å²) in [5.74, 6) is -0.470. The molecule has 0 fully saturated rings. The minimum absolute atomic E-state index is 0.0523. The van der Waals surface area contributed by atoms with Crippen molar-refractivity contribution in [1.82, 2.24) is 0 Å². The number of hydrogen-bond acceptors (Lipinski definition) is 2. The molecule has 0 amide bonds. The molecule has 4 aromatic carbocycles. The van der Waals surface area contributed by atoms with Crippen LogP contribution in [0.2, 0.25) is 0 Å². The SMILES string of the molecule is O=[N+]([O-])c1ccc(F)cc1C[P+](c1ccccc1)(c1ccccc1)c1ccccc1. The summed E-state index contributed by atoms with van der Waals surface area (Å²) in [5.41, 5.74) is 0.355. The van der Waals surface area contributed by atoms with Gasteiger partial charge in [-0.25, -0.2) is 4.39 Å². The quantitative estimate of drug-likeness (QED) is 0.245. The summed E-state index contributed by atoms with van der Waals surface area (Å²) in [7, 11) is -2.33. The van der Waals surface area contributed by atoms with Gasteiger partial charge in [-0.1, -0.05) is 54.6 Å². The van der Waals surface area contributed by atoms with E-state index in [1.54, 1.807) is 0 Å². The van der Waals surface area contributed by atoms with Gasteiger partial charge in [0.1, 0.15) is 35.2 Å². The van der Waals surface area contributed by atoms with E-state index in [1.165, 1.54) is 12.1 Å². The molecule has 4 aromatic rings. The summed E-state index contributed by atoms with van der Waals surface area (Å²) in [4.78, 5) is 11.3. The maximum atomic E-state index is 14.2. The second kappa shape index (κ2) is 8.56. The summed E-state index contributed by atoms with van der Waals surface area (Å²) >= 11 is 0. The van der Waals surface area contributed by atoms with E-state index in [0.29, 0.717) is 11.7 Å². The third-order valence-electron chi connectivity index (χ3n) is 5.24. The van der Waals surface area contributed by atoms with Crippen LogP contribution in [-0.4, -0.2) is 4.92 Å². The van der Waals surface area contributed by atoms with Crippen LogP contribution >= 0.6 is 7.26 Å². The summed E-state index contributed by atoms with van der Waals surface area (Å²) < 4.78 is 14.2. The molecule has 3 nitrogen and oxygen atoms in total. The highest BCUT2D eigenvalue weighted by Crippen LogP contribution is 2.58. The monoisotopic (exact) mass is 416 g/mol. The molecule has 0 aliphatic rings. The first kappa shape index (κ1) is 19.9. The molecular weight excluding hydrogens is 396 g/mol. The lowest BCUT2D eigenvalue weighted by molar-refractivity contribution is -0.385. The van der Waals surface area contributed by atoms with E-state index in [2.05, 4.69) is 36.4 Å². The van der Waals surface area contributed by atoms with Crippen molar-refractivity contribution in [3.63, 3.8) is 0 Å². The predicted molar refractivity (Wildman–Crippen MR) is 122 cm³/mol. The average Bonchev–Trinajstić information content (AvgIpc) is 2.79. The van der Waals surface area contributed by atoms with Crippen LogP contribution in [0.5, 0.6) is 0 Å². The van der Waals surface area contributed by atoms with E-state index in [-0.39, 0.29) is 5.69 Å². The molecule has 0 atom stereocenters. The summed E-state index contributed by atoms with van der Waals surface area (Å²) in [6.45, 7) is 0. The molecule has 0 N–H and O–H groups in total. The zero-order valence-corrected chi connectivity index (χ0v) is 17.1. The molecule has 148 valence electrons. The van der Waals surface area contributed by atoms with Gasteiger partial charge in [-0.3, -0.25) is 10.1 Å². The van der Waals surface area contributed by atoms with Gasteiger partial charge >= 0.3 is 0 Å². The highest BCUT2D eigenvalue weighted by molar-refractivity contribution is 7.95. The smallest absolute Gasteiger partial charge is 0.258 e. The van der Waals surface area contributed by atoms with Crippen molar-refractivity contribution < 1.29 is 9.31 Å². The van der Waals surface area contributed by atoms with Gasteiger partial charge in [-0.15, -0.1) is 0 Å². The van der Waals surface area contributed by atoms with Crippen LogP contribution in [0, 0.1) is 15.9 Å². The summed E-state index contributed by atoms with van der Waals surface area (Å²) in [6, 6.07) is 33.9. The van der Waals surface area contributed by atoms with Crippen molar-refractivity contribution >= 4 is 28.9 Å². The van der Waals surface area contributed by atoms with Crippen LogP contribution in [0.1, 0.15) is 5.56 Å². The fourth-order valence-corrected chi connectivity index (χ4v) is 8.13. The Kier molecular flexibility index (Phi) is 5.69. The molecular formula is C25H20FNO2P+. The van der Waals surface area contributed by atoms with E-state index < -0.39 is 18.0 Å². The molecule has 0 unspecified atom stereocenters. The highest BCUT2D eigenvalue weighted by Gasteiger charge is 2.46. The Balaban J connectivity index is 2.04. The Bertz CT molecular complexity index is 1050. The predicted octanol–water partition coefficient (Wildman–Crippen LogP) is 5.23. The molecule has 0 saturated heterocycles. The molecule has 0 aromatic heterocycles. The van der Waals surface area contributed by atoms with Crippen molar-refractivity contribution in [2.75, 3.05) is 0 Å². The van der Waals surface area contributed by atoms with Gasteiger partial charge in [0.25, 0.3) is 5.69 Å². The van der Waals surface area contributed by atoms with E-state index in [1.807, 2.05) is 54.6 Å². The minimum atomic E-state index is -2.33. The van der Waals surface area contributed by atoms with E-state index in [9.17, 15) is 14.5 Å². The lowest BCUT2D eigenvalue weighted by Gasteiger charge is -2.27. The van der Waals surface area contributed by atoms with Crippen molar-refractivity contribution in [2.45, 2.75) is 6.16 Å². The molecule has 0 aliphatic carbocycles. The standard InChI is InChI=1S/C25H20FNO2P/c26-21-16-17-25(27(28)29)20(18-21)19-30(22-10-4-1-5-11-22,23-12-6-2-7-13-23)24-14-8-3-9-15-24/h1-18H,19H2/q+1. The van der Waals surface area contributed by atoms with Crippen LogP contribution in [0.15, 0.2) is 109 Å². The van der Waals surface area contributed by atoms with Gasteiger partial charge in [-0.05, 0) is 48.5 Å².